The fourth-order valence-electron chi connectivity index (χ4n) is 2.70. The van der Waals surface area contributed by atoms with Gasteiger partial charge < -0.3 is 11.1 Å². The Bertz CT molecular complexity index is 1070. The molecule has 26 heavy (non-hydrogen) atoms. The van der Waals surface area contributed by atoms with Gasteiger partial charge in [-0.25, -0.2) is 4.98 Å². The minimum absolute atomic E-state index is 0.163. The summed E-state index contributed by atoms with van der Waals surface area (Å²) in [5.41, 5.74) is 9.86. The van der Waals surface area contributed by atoms with Crippen LogP contribution in [0.1, 0.15) is 20.8 Å². The van der Waals surface area contributed by atoms with Crippen LogP contribution in [-0.4, -0.2) is 10.9 Å². The first-order valence-corrected chi connectivity index (χ1v) is 9.88. The number of aromatic nitrogens is 1. The molecular weight excluding hydrogens is 362 g/mol. The average molecular weight is 380 g/mol. The van der Waals surface area contributed by atoms with Crippen molar-refractivity contribution in [1.82, 2.24) is 10.3 Å². The molecule has 0 atom stereocenters. The second-order valence-electron chi connectivity index (χ2n) is 6.04. The van der Waals surface area contributed by atoms with E-state index in [-0.39, 0.29) is 5.91 Å². The van der Waals surface area contributed by atoms with Crippen LogP contribution in [0.15, 0.2) is 53.9 Å². The third kappa shape index (κ3) is 3.21. The van der Waals surface area contributed by atoms with Crippen molar-refractivity contribution in [3.63, 3.8) is 0 Å². The van der Waals surface area contributed by atoms with E-state index in [4.69, 9.17) is 5.73 Å². The fourth-order valence-corrected chi connectivity index (χ4v) is 4.40. The first-order valence-electron chi connectivity index (χ1n) is 8.18. The minimum atomic E-state index is -0.163. The minimum Gasteiger partial charge on any atom is -0.397 e. The highest BCUT2D eigenvalue weighted by Crippen LogP contribution is 2.34. The number of nitrogens with one attached hydrogen (secondary N) is 1. The summed E-state index contributed by atoms with van der Waals surface area (Å²) in [6, 6.07) is 16.0. The fraction of sp³-hybridized carbons (Fsp3) is 0.100. The smallest absolute Gasteiger partial charge is 0.263 e. The van der Waals surface area contributed by atoms with E-state index < -0.39 is 0 Å². The molecule has 4 nitrogen and oxygen atoms in total. The van der Waals surface area contributed by atoms with E-state index in [0.29, 0.717) is 17.1 Å². The first kappa shape index (κ1) is 16.8. The Morgan fingerprint density at radius 1 is 1.15 bits per heavy atom. The van der Waals surface area contributed by atoms with Gasteiger partial charge in [0.05, 0.1) is 16.3 Å². The van der Waals surface area contributed by atoms with Crippen LogP contribution in [0.25, 0.3) is 20.8 Å². The van der Waals surface area contributed by atoms with Crippen LogP contribution in [0, 0.1) is 6.92 Å². The normalized spacial score (nSPS) is 11.0. The molecule has 0 bridgehead atoms. The number of carbonyl (C=O) groups is 1. The molecule has 130 valence electrons. The number of fused-ring (bicyclic) bond motifs is 1. The second kappa shape index (κ2) is 6.90. The van der Waals surface area contributed by atoms with Gasteiger partial charge in [-0.05, 0) is 36.1 Å². The van der Waals surface area contributed by atoms with Crippen molar-refractivity contribution in [2.75, 3.05) is 5.73 Å². The number of hydrogen-bond acceptors (Lipinski definition) is 5. The molecule has 0 aliphatic rings. The highest BCUT2D eigenvalue weighted by atomic mass is 32.1. The van der Waals surface area contributed by atoms with Crippen molar-refractivity contribution in [2.45, 2.75) is 13.5 Å². The molecule has 3 heterocycles. The molecule has 0 radical (unpaired) electrons. The van der Waals surface area contributed by atoms with E-state index in [0.717, 1.165) is 26.4 Å². The predicted molar refractivity (Wildman–Crippen MR) is 110 cm³/mol. The molecule has 0 aliphatic carbocycles. The molecule has 0 spiro atoms. The van der Waals surface area contributed by atoms with Gasteiger partial charge in [-0.1, -0.05) is 35.9 Å². The number of amides is 1. The molecule has 3 aromatic heterocycles. The lowest BCUT2D eigenvalue weighted by Gasteiger charge is -2.05. The average Bonchev–Trinajstić information content (AvgIpc) is 3.29. The number of nitrogens with two attached hydrogens (primary N) is 1. The summed E-state index contributed by atoms with van der Waals surface area (Å²) in [6.45, 7) is 2.51. The number of aryl methyl sites for hydroxylation is 1. The summed E-state index contributed by atoms with van der Waals surface area (Å²) < 4.78 is 0. The van der Waals surface area contributed by atoms with Gasteiger partial charge in [0.1, 0.15) is 9.71 Å². The topological polar surface area (TPSA) is 68.0 Å². The Balaban J connectivity index is 1.58. The van der Waals surface area contributed by atoms with E-state index in [9.17, 15) is 4.79 Å². The summed E-state index contributed by atoms with van der Waals surface area (Å²) in [5.74, 6) is -0.163. The number of nitrogen functional groups attached to an aromatic ring is 1. The summed E-state index contributed by atoms with van der Waals surface area (Å²) in [6.07, 6.45) is 0. The van der Waals surface area contributed by atoms with E-state index in [2.05, 4.69) is 10.3 Å². The predicted octanol–water partition coefficient (Wildman–Crippen LogP) is 4.85. The van der Waals surface area contributed by atoms with E-state index >= 15 is 0 Å². The Kier molecular flexibility index (Phi) is 4.44. The Morgan fingerprint density at radius 2 is 1.96 bits per heavy atom. The lowest BCUT2D eigenvalue weighted by Crippen LogP contribution is -2.22. The molecular formula is C20H17N3OS2. The molecule has 1 aromatic carbocycles. The zero-order valence-corrected chi connectivity index (χ0v) is 15.8. The van der Waals surface area contributed by atoms with Crippen molar-refractivity contribution in [3.8, 4) is 10.6 Å². The van der Waals surface area contributed by atoms with Crippen LogP contribution in [-0.2, 0) is 6.54 Å². The van der Waals surface area contributed by atoms with Crippen LogP contribution >= 0.6 is 22.7 Å². The van der Waals surface area contributed by atoms with Crippen LogP contribution in [0.2, 0.25) is 0 Å². The van der Waals surface area contributed by atoms with Gasteiger partial charge in [0.15, 0.2) is 0 Å². The number of pyridine rings is 1. The number of nitrogens with zero attached hydrogens (tertiary/aromatic N) is 1. The first-order chi connectivity index (χ1) is 12.6. The van der Waals surface area contributed by atoms with Gasteiger partial charge >= 0.3 is 0 Å². The molecule has 0 unspecified atom stereocenters. The van der Waals surface area contributed by atoms with Gasteiger partial charge in [-0.15, -0.1) is 22.7 Å². The summed E-state index contributed by atoms with van der Waals surface area (Å²) >= 11 is 2.98. The molecule has 4 rings (SSSR count). The van der Waals surface area contributed by atoms with E-state index in [1.807, 2.05) is 60.8 Å². The maximum Gasteiger partial charge on any atom is 0.263 e. The number of anilines is 1. The standard InChI is InChI=1S/C20H17N3OS2/c1-12-4-6-13(7-5-12)11-22-19(24)18-17(21)14-8-9-15(23-20(14)26-18)16-3-2-10-25-16/h2-10H,11,21H2,1H3,(H,22,24). The molecule has 1 amide bonds. The maximum atomic E-state index is 12.6. The van der Waals surface area contributed by atoms with Crippen LogP contribution in [0.3, 0.4) is 0 Å². The molecule has 3 N–H and O–H groups in total. The Morgan fingerprint density at radius 3 is 2.69 bits per heavy atom. The second-order valence-corrected chi connectivity index (χ2v) is 7.99. The summed E-state index contributed by atoms with van der Waals surface area (Å²) in [7, 11) is 0. The molecule has 0 saturated carbocycles. The zero-order chi connectivity index (χ0) is 18.1. The molecule has 6 heteroatoms. The maximum absolute atomic E-state index is 12.6. The zero-order valence-electron chi connectivity index (χ0n) is 14.2. The monoisotopic (exact) mass is 379 g/mol. The highest BCUT2D eigenvalue weighted by molar-refractivity contribution is 7.21. The SMILES string of the molecule is Cc1ccc(CNC(=O)c2sc3nc(-c4cccs4)ccc3c2N)cc1. The van der Waals surface area contributed by atoms with Crippen molar-refractivity contribution in [2.24, 2.45) is 0 Å². The van der Waals surface area contributed by atoms with E-state index in [1.54, 1.807) is 11.3 Å². The number of thiophene rings is 2. The van der Waals surface area contributed by atoms with Gasteiger partial charge in [0, 0.05) is 11.9 Å². The van der Waals surface area contributed by atoms with Gasteiger partial charge in [-0.2, -0.15) is 0 Å². The summed E-state index contributed by atoms with van der Waals surface area (Å²) in [4.78, 5) is 19.7. The molecule has 0 saturated heterocycles. The van der Waals surface area contributed by atoms with Crippen molar-refractivity contribution < 1.29 is 4.79 Å². The van der Waals surface area contributed by atoms with E-state index in [1.165, 1.54) is 16.9 Å². The molecule has 0 aliphatic heterocycles. The van der Waals surface area contributed by atoms with Crippen LogP contribution < -0.4 is 11.1 Å². The lowest BCUT2D eigenvalue weighted by atomic mass is 10.1. The molecule has 0 fully saturated rings. The van der Waals surface area contributed by atoms with Crippen molar-refractivity contribution in [3.05, 3.63) is 69.9 Å². The number of rotatable bonds is 4. The quantitative estimate of drug-likeness (QED) is 0.533. The molecule has 4 aromatic rings. The lowest BCUT2D eigenvalue weighted by molar-refractivity contribution is 0.0956. The van der Waals surface area contributed by atoms with Gasteiger partial charge in [0.25, 0.3) is 5.91 Å². The van der Waals surface area contributed by atoms with Crippen LogP contribution in [0.5, 0.6) is 0 Å². The Labute approximate surface area is 159 Å². The third-order valence-corrected chi connectivity index (χ3v) is 6.15. The van der Waals surface area contributed by atoms with Crippen molar-refractivity contribution in [1.29, 1.82) is 0 Å². The number of carbonyl (C=O) groups excluding carboxylic acids is 1. The largest absolute Gasteiger partial charge is 0.397 e. The van der Waals surface area contributed by atoms with Crippen molar-refractivity contribution >= 4 is 44.5 Å². The summed E-state index contributed by atoms with van der Waals surface area (Å²) in [5, 5.41) is 5.80. The number of hydrogen-bond donors (Lipinski definition) is 2. The highest BCUT2D eigenvalue weighted by Gasteiger charge is 2.17. The van der Waals surface area contributed by atoms with Gasteiger partial charge in [-0.3, -0.25) is 4.79 Å². The Hall–Kier alpha value is -2.70. The number of benzene rings is 1. The third-order valence-electron chi connectivity index (χ3n) is 4.15. The van der Waals surface area contributed by atoms with Gasteiger partial charge in [0.2, 0.25) is 0 Å². The van der Waals surface area contributed by atoms with Crippen LogP contribution in [0.4, 0.5) is 5.69 Å².